The Morgan fingerprint density at radius 1 is 1.29 bits per heavy atom. The highest BCUT2D eigenvalue weighted by Gasteiger charge is 2.30. The van der Waals surface area contributed by atoms with E-state index in [0.29, 0.717) is 25.3 Å². The number of urea groups is 1. The summed E-state index contributed by atoms with van der Waals surface area (Å²) in [4.78, 5) is 14.0. The Kier molecular flexibility index (Phi) is 6.10. The Morgan fingerprint density at radius 3 is 2.38 bits per heavy atom. The molecule has 134 valence electrons. The molecular weight excluding hydrogens is 321 g/mol. The van der Waals surface area contributed by atoms with E-state index < -0.39 is 11.7 Å². The van der Waals surface area contributed by atoms with Crippen LogP contribution in [0, 0.1) is 0 Å². The first-order valence-electron chi connectivity index (χ1n) is 8.15. The van der Waals surface area contributed by atoms with E-state index in [4.69, 9.17) is 4.74 Å². The van der Waals surface area contributed by atoms with E-state index in [2.05, 4.69) is 5.32 Å². The third-order valence-corrected chi connectivity index (χ3v) is 4.21. The summed E-state index contributed by atoms with van der Waals surface area (Å²) in [6, 6.07) is 4.31. The van der Waals surface area contributed by atoms with E-state index in [-0.39, 0.29) is 18.2 Å². The number of ether oxygens (including phenoxy) is 1. The fourth-order valence-corrected chi connectivity index (χ4v) is 2.78. The van der Waals surface area contributed by atoms with Crippen LogP contribution in [0.2, 0.25) is 0 Å². The van der Waals surface area contributed by atoms with Gasteiger partial charge in [-0.1, -0.05) is 12.1 Å². The molecule has 4 nitrogen and oxygen atoms in total. The van der Waals surface area contributed by atoms with Crippen molar-refractivity contribution in [2.24, 2.45) is 0 Å². The van der Waals surface area contributed by atoms with E-state index >= 15 is 0 Å². The maximum atomic E-state index is 12.6. The minimum absolute atomic E-state index is 0.197. The second kappa shape index (κ2) is 7.88. The number of carbonyl (C=O) groups excluding carboxylic acids is 1. The summed E-state index contributed by atoms with van der Waals surface area (Å²) in [6.07, 6.45) is -2.55. The average molecular weight is 344 g/mol. The van der Waals surface area contributed by atoms with Crippen LogP contribution in [0.15, 0.2) is 24.3 Å². The SMILES string of the molecule is CCOC1CCN(C(=O)N[C@@H](C)c2ccc(C(F)(F)F)cc2)CC1. The van der Waals surface area contributed by atoms with Gasteiger partial charge in [0.2, 0.25) is 0 Å². The molecule has 1 aliphatic heterocycles. The molecule has 1 atom stereocenters. The largest absolute Gasteiger partial charge is 0.416 e. The quantitative estimate of drug-likeness (QED) is 0.898. The Balaban J connectivity index is 1.88. The highest BCUT2D eigenvalue weighted by atomic mass is 19.4. The molecule has 1 N–H and O–H groups in total. The number of hydrogen-bond donors (Lipinski definition) is 1. The monoisotopic (exact) mass is 344 g/mol. The van der Waals surface area contributed by atoms with Crippen LogP contribution in [0.1, 0.15) is 43.9 Å². The van der Waals surface area contributed by atoms with E-state index in [9.17, 15) is 18.0 Å². The van der Waals surface area contributed by atoms with Crippen molar-refractivity contribution < 1.29 is 22.7 Å². The van der Waals surface area contributed by atoms with Gasteiger partial charge in [0.25, 0.3) is 0 Å². The second-order valence-corrected chi connectivity index (χ2v) is 5.93. The van der Waals surface area contributed by atoms with Crippen molar-refractivity contribution in [2.75, 3.05) is 19.7 Å². The number of hydrogen-bond acceptors (Lipinski definition) is 2. The number of piperidine rings is 1. The molecule has 1 fully saturated rings. The minimum Gasteiger partial charge on any atom is -0.378 e. The van der Waals surface area contributed by atoms with E-state index in [1.54, 1.807) is 11.8 Å². The molecule has 1 aromatic carbocycles. The Hall–Kier alpha value is -1.76. The molecule has 0 aliphatic carbocycles. The lowest BCUT2D eigenvalue weighted by atomic mass is 10.1. The molecule has 0 radical (unpaired) electrons. The molecule has 0 spiro atoms. The molecule has 2 amide bonds. The maximum Gasteiger partial charge on any atom is 0.416 e. The van der Waals surface area contributed by atoms with Gasteiger partial charge in [-0.3, -0.25) is 0 Å². The fraction of sp³-hybridized carbons (Fsp3) is 0.588. The van der Waals surface area contributed by atoms with Crippen molar-refractivity contribution in [3.63, 3.8) is 0 Å². The second-order valence-electron chi connectivity index (χ2n) is 5.93. The molecule has 0 aromatic heterocycles. The molecule has 1 heterocycles. The zero-order chi connectivity index (χ0) is 17.7. The van der Waals surface area contributed by atoms with Crippen LogP contribution in [-0.2, 0) is 10.9 Å². The van der Waals surface area contributed by atoms with Crippen molar-refractivity contribution >= 4 is 6.03 Å². The predicted octanol–water partition coefficient (Wildman–Crippen LogP) is 3.98. The van der Waals surface area contributed by atoms with Crippen LogP contribution in [0.25, 0.3) is 0 Å². The van der Waals surface area contributed by atoms with E-state index in [1.165, 1.54) is 12.1 Å². The molecule has 1 aliphatic rings. The predicted molar refractivity (Wildman–Crippen MR) is 84.6 cm³/mol. The average Bonchev–Trinajstić information content (AvgIpc) is 2.55. The summed E-state index contributed by atoms with van der Waals surface area (Å²) in [5.41, 5.74) is -0.0525. The molecule has 0 saturated carbocycles. The van der Waals surface area contributed by atoms with Crippen molar-refractivity contribution in [3.8, 4) is 0 Å². The summed E-state index contributed by atoms with van der Waals surface area (Å²) in [5.74, 6) is 0. The van der Waals surface area contributed by atoms with Gasteiger partial charge < -0.3 is 15.0 Å². The number of halogens is 3. The van der Waals surface area contributed by atoms with Gasteiger partial charge in [-0.05, 0) is 44.4 Å². The van der Waals surface area contributed by atoms with Gasteiger partial charge in [-0.2, -0.15) is 13.2 Å². The Morgan fingerprint density at radius 2 is 1.88 bits per heavy atom. The number of carbonyl (C=O) groups is 1. The molecule has 1 saturated heterocycles. The first kappa shape index (κ1) is 18.6. The van der Waals surface area contributed by atoms with Gasteiger partial charge in [0.1, 0.15) is 0 Å². The number of nitrogens with zero attached hydrogens (tertiary/aromatic N) is 1. The van der Waals surface area contributed by atoms with Crippen molar-refractivity contribution in [3.05, 3.63) is 35.4 Å². The van der Waals surface area contributed by atoms with Crippen LogP contribution in [-0.4, -0.2) is 36.7 Å². The van der Waals surface area contributed by atoms with Gasteiger partial charge in [0, 0.05) is 19.7 Å². The van der Waals surface area contributed by atoms with Gasteiger partial charge in [-0.15, -0.1) is 0 Å². The topological polar surface area (TPSA) is 41.6 Å². The fourth-order valence-electron chi connectivity index (χ4n) is 2.78. The summed E-state index contributed by atoms with van der Waals surface area (Å²) >= 11 is 0. The van der Waals surface area contributed by atoms with Crippen molar-refractivity contribution in [1.82, 2.24) is 10.2 Å². The van der Waals surface area contributed by atoms with Crippen LogP contribution < -0.4 is 5.32 Å². The summed E-state index contributed by atoms with van der Waals surface area (Å²) in [7, 11) is 0. The van der Waals surface area contributed by atoms with Crippen LogP contribution >= 0.6 is 0 Å². The highest BCUT2D eigenvalue weighted by molar-refractivity contribution is 5.74. The summed E-state index contributed by atoms with van der Waals surface area (Å²) < 4.78 is 43.3. The van der Waals surface area contributed by atoms with Crippen LogP contribution in [0.4, 0.5) is 18.0 Å². The smallest absolute Gasteiger partial charge is 0.378 e. The van der Waals surface area contributed by atoms with Gasteiger partial charge in [0.15, 0.2) is 0 Å². The molecule has 0 bridgehead atoms. The molecular formula is C17H23F3N2O2. The van der Waals surface area contributed by atoms with Gasteiger partial charge in [0.05, 0.1) is 17.7 Å². The van der Waals surface area contributed by atoms with Crippen LogP contribution in [0.5, 0.6) is 0 Å². The first-order chi connectivity index (χ1) is 11.3. The molecule has 24 heavy (non-hydrogen) atoms. The Labute approximate surface area is 140 Å². The number of amides is 2. The summed E-state index contributed by atoms with van der Waals surface area (Å²) in [5, 5.41) is 2.84. The number of alkyl halides is 3. The number of nitrogens with one attached hydrogen (secondary N) is 1. The third kappa shape index (κ3) is 4.87. The zero-order valence-electron chi connectivity index (χ0n) is 13.9. The molecule has 0 unspecified atom stereocenters. The van der Waals surface area contributed by atoms with E-state index in [1.807, 2.05) is 6.92 Å². The summed E-state index contributed by atoms with van der Waals surface area (Å²) in [6.45, 7) is 5.62. The number of likely N-dealkylation sites (tertiary alicyclic amines) is 1. The van der Waals surface area contributed by atoms with Crippen molar-refractivity contribution in [1.29, 1.82) is 0 Å². The third-order valence-electron chi connectivity index (χ3n) is 4.21. The van der Waals surface area contributed by atoms with E-state index in [0.717, 1.165) is 25.0 Å². The van der Waals surface area contributed by atoms with Gasteiger partial charge >= 0.3 is 12.2 Å². The zero-order valence-corrected chi connectivity index (χ0v) is 13.9. The molecule has 7 heteroatoms. The van der Waals surface area contributed by atoms with Crippen molar-refractivity contribution in [2.45, 2.75) is 45.0 Å². The normalized spacial score (nSPS) is 17.6. The molecule has 1 aromatic rings. The lowest BCUT2D eigenvalue weighted by Crippen LogP contribution is -2.46. The maximum absolute atomic E-state index is 12.6. The first-order valence-corrected chi connectivity index (χ1v) is 8.15. The lowest BCUT2D eigenvalue weighted by Gasteiger charge is -2.32. The minimum atomic E-state index is -4.35. The highest BCUT2D eigenvalue weighted by Crippen LogP contribution is 2.29. The number of benzene rings is 1. The lowest BCUT2D eigenvalue weighted by molar-refractivity contribution is -0.137. The molecule has 2 rings (SSSR count). The van der Waals surface area contributed by atoms with Crippen LogP contribution in [0.3, 0.4) is 0 Å². The van der Waals surface area contributed by atoms with Gasteiger partial charge in [-0.25, -0.2) is 4.79 Å². The Bertz CT molecular complexity index is 538. The number of rotatable bonds is 4. The standard InChI is InChI=1S/C17H23F3N2O2/c1-3-24-15-8-10-22(11-9-15)16(23)21-12(2)13-4-6-14(7-5-13)17(18,19)20/h4-7,12,15H,3,8-11H2,1-2H3,(H,21,23)/t12-/m0/s1.